The Morgan fingerprint density at radius 3 is 2.46 bits per heavy atom. The number of hydrogen-bond donors (Lipinski definition) is 2. The van der Waals surface area contributed by atoms with Gasteiger partial charge in [-0.25, -0.2) is 9.78 Å². The number of aryl methyl sites for hydroxylation is 1. The van der Waals surface area contributed by atoms with Crippen LogP contribution in [0.3, 0.4) is 0 Å². The first-order valence-electron chi connectivity index (χ1n) is 14.7. The van der Waals surface area contributed by atoms with Gasteiger partial charge in [-0.3, -0.25) is 28.8 Å². The fourth-order valence-corrected chi connectivity index (χ4v) is 5.55. The summed E-state index contributed by atoms with van der Waals surface area (Å²) >= 11 is 6.36. The summed E-state index contributed by atoms with van der Waals surface area (Å²) in [4.78, 5) is 49.2. The van der Waals surface area contributed by atoms with E-state index in [0.717, 1.165) is 40.1 Å². The normalized spacial score (nSPS) is 16.3. The van der Waals surface area contributed by atoms with E-state index in [1.807, 2.05) is 56.4 Å². The molecule has 2 atom stereocenters. The van der Waals surface area contributed by atoms with Crippen molar-refractivity contribution < 1.29 is 27.9 Å². The van der Waals surface area contributed by atoms with Gasteiger partial charge in [-0.05, 0) is 48.7 Å². The van der Waals surface area contributed by atoms with Crippen LogP contribution in [0, 0.1) is 5.92 Å². The van der Waals surface area contributed by atoms with Crippen molar-refractivity contribution in [2.75, 3.05) is 5.32 Å². The largest absolute Gasteiger partial charge is 0.490 e. The summed E-state index contributed by atoms with van der Waals surface area (Å²) in [5.41, 5.74) is 5.86. The van der Waals surface area contributed by atoms with E-state index in [9.17, 15) is 22.8 Å². The van der Waals surface area contributed by atoms with Crippen LogP contribution in [-0.4, -0.2) is 52.5 Å². The quantitative estimate of drug-likeness (QED) is 0.223. The van der Waals surface area contributed by atoms with Crippen LogP contribution >= 0.6 is 11.6 Å². The zero-order valence-electron chi connectivity index (χ0n) is 25.6. The molecular formula is C33H29ClF3N7O4. The number of aromatic nitrogens is 6. The van der Waals surface area contributed by atoms with E-state index in [0.29, 0.717) is 29.2 Å². The summed E-state index contributed by atoms with van der Waals surface area (Å²) in [7, 11) is 1.83. The van der Waals surface area contributed by atoms with Crippen molar-refractivity contribution >= 4 is 29.2 Å². The minimum absolute atomic E-state index is 0.0558. The number of pyridine rings is 2. The minimum atomic E-state index is -5.08. The van der Waals surface area contributed by atoms with Crippen LogP contribution in [0.15, 0.2) is 84.4 Å². The number of alkyl halides is 3. The minimum Gasteiger partial charge on any atom is -0.475 e. The van der Waals surface area contributed by atoms with Crippen LogP contribution in [0.25, 0.3) is 33.6 Å². The molecule has 2 bridgehead atoms. The Morgan fingerprint density at radius 1 is 1.00 bits per heavy atom. The molecule has 0 radical (unpaired) electrons. The van der Waals surface area contributed by atoms with Gasteiger partial charge < -0.3 is 10.4 Å². The molecule has 0 saturated heterocycles. The third-order valence-corrected chi connectivity index (χ3v) is 8.03. The van der Waals surface area contributed by atoms with Gasteiger partial charge in [0.05, 0.1) is 41.3 Å². The Bertz CT molecular complexity index is 2010. The number of aliphatic carboxylic acids is 1. The summed E-state index contributed by atoms with van der Waals surface area (Å²) in [5.74, 6) is -3.02. The number of hydrogen-bond acceptors (Lipinski definition) is 7. The number of amides is 1. The van der Waals surface area contributed by atoms with E-state index < -0.39 is 12.1 Å². The molecule has 2 N–H and O–H groups in total. The van der Waals surface area contributed by atoms with E-state index in [1.165, 1.54) is 0 Å². The molecule has 1 aliphatic rings. The molecule has 0 aliphatic carbocycles. The lowest BCUT2D eigenvalue weighted by atomic mass is 9.96. The number of benzene rings is 1. The second-order valence-corrected chi connectivity index (χ2v) is 11.5. The van der Waals surface area contributed by atoms with Gasteiger partial charge in [0.1, 0.15) is 0 Å². The fourth-order valence-electron chi connectivity index (χ4n) is 5.38. The molecular weight excluding hydrogens is 651 g/mol. The van der Waals surface area contributed by atoms with Crippen LogP contribution in [-0.2, 0) is 16.6 Å². The van der Waals surface area contributed by atoms with E-state index >= 15 is 0 Å². The maximum absolute atomic E-state index is 13.7. The Hall–Kier alpha value is -5.37. The summed E-state index contributed by atoms with van der Waals surface area (Å²) in [6.45, 7) is 1.91. The standard InChI is InChI=1S/C31H28ClN7O2.C2HF3O2/c1-19-5-3-7-28(26-13-20(10-12-34-26)30-27(37-31(19)41)17-36-38(30)2)39-18-35-25(15-29(39)40)24-14-22(32)8-9-23(24)21-6-4-11-33-16-21;3-2(4,5)1(6)7/h4,6,8-19,28H,3,5,7H2,1-2H3,(H,37,41);(H,6,7)/t19-,28+;/m1./s1. The summed E-state index contributed by atoms with van der Waals surface area (Å²) < 4.78 is 35.1. The van der Waals surface area contributed by atoms with Crippen molar-refractivity contribution in [2.45, 2.75) is 38.4 Å². The van der Waals surface area contributed by atoms with Crippen LogP contribution in [0.4, 0.5) is 18.9 Å². The van der Waals surface area contributed by atoms with Gasteiger partial charge in [0.2, 0.25) is 5.91 Å². The predicted molar refractivity (Wildman–Crippen MR) is 172 cm³/mol. The van der Waals surface area contributed by atoms with Gasteiger partial charge in [-0.1, -0.05) is 37.1 Å². The molecule has 1 aromatic carbocycles. The number of fused-ring (bicyclic) bond motifs is 4. The number of anilines is 1. The molecule has 15 heteroatoms. The second kappa shape index (κ2) is 14.2. The molecule has 1 amide bonds. The topological polar surface area (TPSA) is 145 Å². The Labute approximate surface area is 277 Å². The highest BCUT2D eigenvalue weighted by Gasteiger charge is 2.38. The smallest absolute Gasteiger partial charge is 0.475 e. The third-order valence-electron chi connectivity index (χ3n) is 7.80. The first kappa shape index (κ1) is 34.0. The van der Waals surface area contributed by atoms with Crippen LogP contribution in [0.5, 0.6) is 0 Å². The van der Waals surface area contributed by atoms with Gasteiger partial charge in [0.25, 0.3) is 5.56 Å². The Kier molecular flexibility index (Phi) is 10.0. The number of nitrogens with one attached hydrogen (secondary N) is 1. The number of carboxylic acids is 1. The molecule has 6 rings (SSSR count). The summed E-state index contributed by atoms with van der Waals surface area (Å²) in [6, 6.07) is 14.4. The highest BCUT2D eigenvalue weighted by atomic mass is 35.5. The molecule has 0 spiro atoms. The van der Waals surface area contributed by atoms with Crippen molar-refractivity contribution in [3.05, 3.63) is 101 Å². The van der Waals surface area contributed by atoms with Gasteiger partial charge in [-0.15, -0.1) is 0 Å². The van der Waals surface area contributed by atoms with Crippen molar-refractivity contribution in [1.29, 1.82) is 0 Å². The molecule has 0 fully saturated rings. The second-order valence-electron chi connectivity index (χ2n) is 11.1. The maximum atomic E-state index is 13.7. The molecule has 0 saturated carbocycles. The van der Waals surface area contributed by atoms with Crippen molar-refractivity contribution in [2.24, 2.45) is 13.0 Å². The molecule has 4 aromatic heterocycles. The molecule has 48 heavy (non-hydrogen) atoms. The molecule has 248 valence electrons. The summed E-state index contributed by atoms with van der Waals surface area (Å²) in [5, 5.41) is 15.1. The van der Waals surface area contributed by atoms with Crippen molar-refractivity contribution in [1.82, 2.24) is 29.3 Å². The number of halogens is 4. The average molecular weight is 680 g/mol. The van der Waals surface area contributed by atoms with Crippen molar-refractivity contribution in [3.8, 4) is 33.6 Å². The Morgan fingerprint density at radius 2 is 1.77 bits per heavy atom. The van der Waals surface area contributed by atoms with Gasteiger partial charge in [0, 0.05) is 59.3 Å². The number of carbonyl (C=O) groups is 2. The molecule has 5 aromatic rings. The highest BCUT2D eigenvalue weighted by molar-refractivity contribution is 6.31. The fraction of sp³-hybridized carbons (Fsp3) is 0.242. The average Bonchev–Trinajstić information content (AvgIpc) is 3.42. The van der Waals surface area contributed by atoms with Crippen molar-refractivity contribution in [3.63, 3.8) is 0 Å². The first-order valence-corrected chi connectivity index (χ1v) is 15.1. The molecule has 11 nitrogen and oxygen atoms in total. The number of carboxylic acid groups (broad SMARTS) is 1. The van der Waals surface area contributed by atoms with E-state index in [1.54, 1.807) is 46.4 Å². The Balaban J connectivity index is 0.000000582. The van der Waals surface area contributed by atoms with Crippen LogP contribution < -0.4 is 10.9 Å². The number of rotatable bonds is 3. The predicted octanol–water partition coefficient (Wildman–Crippen LogP) is 6.40. The number of nitrogens with zero attached hydrogens (tertiary/aromatic N) is 6. The van der Waals surface area contributed by atoms with Crippen LogP contribution in [0.1, 0.15) is 37.9 Å². The lowest BCUT2D eigenvalue weighted by Gasteiger charge is -2.22. The van der Waals surface area contributed by atoms with E-state index in [2.05, 4.69) is 20.4 Å². The lowest BCUT2D eigenvalue weighted by molar-refractivity contribution is -0.192. The monoisotopic (exact) mass is 679 g/mol. The SMILES string of the molecule is C[C@@H]1CCC[C@H](n2cnc(-c3cc(Cl)ccc3-c3cccnc3)cc2=O)c2cc(ccn2)-c2c(cnn2C)NC1=O.O=C(O)C(F)(F)F. The van der Waals surface area contributed by atoms with E-state index in [4.69, 9.17) is 26.5 Å². The molecule has 1 aliphatic heterocycles. The van der Waals surface area contributed by atoms with Crippen LogP contribution in [0.2, 0.25) is 5.02 Å². The zero-order chi connectivity index (χ0) is 34.6. The van der Waals surface area contributed by atoms with Gasteiger partial charge >= 0.3 is 12.1 Å². The summed E-state index contributed by atoms with van der Waals surface area (Å²) in [6.07, 6.45) is 5.37. The highest BCUT2D eigenvalue weighted by Crippen LogP contribution is 2.34. The molecule has 0 unspecified atom stereocenters. The van der Waals surface area contributed by atoms with Gasteiger partial charge in [0.15, 0.2) is 0 Å². The third kappa shape index (κ3) is 7.60. The van der Waals surface area contributed by atoms with Gasteiger partial charge in [-0.2, -0.15) is 18.3 Å². The maximum Gasteiger partial charge on any atom is 0.490 e. The first-order chi connectivity index (χ1) is 22.8. The lowest BCUT2D eigenvalue weighted by Crippen LogP contribution is -2.27. The number of carbonyl (C=O) groups excluding carboxylic acids is 1. The molecule has 5 heterocycles. The van der Waals surface area contributed by atoms with E-state index in [-0.39, 0.29) is 23.4 Å². The zero-order valence-corrected chi connectivity index (χ0v) is 26.4.